The molecular formula is C10H7N. The van der Waals surface area contributed by atoms with Crippen molar-refractivity contribution in [3.8, 4) is 12.3 Å². The Bertz CT molecular complexity index is 334. The first-order valence-electron chi connectivity index (χ1n) is 3.51. The summed E-state index contributed by atoms with van der Waals surface area (Å²) in [6.07, 6.45) is 15.1. The molecule has 2 rings (SSSR count). The van der Waals surface area contributed by atoms with Crippen LogP contribution >= 0.6 is 0 Å². The van der Waals surface area contributed by atoms with E-state index in [1.165, 1.54) is 0 Å². The first kappa shape index (κ1) is 6.18. The molecule has 0 aromatic rings. The van der Waals surface area contributed by atoms with Crippen LogP contribution in [-0.4, -0.2) is 5.71 Å². The fourth-order valence-electron chi connectivity index (χ4n) is 1.27. The van der Waals surface area contributed by atoms with E-state index in [4.69, 9.17) is 6.42 Å². The molecule has 1 atom stereocenters. The first-order valence-corrected chi connectivity index (χ1v) is 3.51. The summed E-state index contributed by atoms with van der Waals surface area (Å²) in [4.78, 5) is 4.18. The van der Waals surface area contributed by atoms with Crippen LogP contribution in [0, 0.1) is 18.3 Å². The van der Waals surface area contributed by atoms with Gasteiger partial charge in [0.05, 0.1) is 11.6 Å². The second kappa shape index (κ2) is 2.25. The Hall–Kier alpha value is -1.55. The van der Waals surface area contributed by atoms with Gasteiger partial charge in [0.15, 0.2) is 0 Å². The van der Waals surface area contributed by atoms with Crippen LogP contribution in [0.4, 0.5) is 0 Å². The van der Waals surface area contributed by atoms with Gasteiger partial charge in [0.1, 0.15) is 0 Å². The first-order chi connectivity index (χ1) is 5.42. The molecule has 1 aliphatic heterocycles. The zero-order chi connectivity index (χ0) is 7.68. The molecule has 0 radical (unpaired) electrons. The Morgan fingerprint density at radius 3 is 3.18 bits per heavy atom. The van der Waals surface area contributed by atoms with E-state index in [1.807, 2.05) is 18.2 Å². The number of fused-ring (bicyclic) bond motifs is 1. The van der Waals surface area contributed by atoms with Gasteiger partial charge in [-0.25, -0.2) is 0 Å². The van der Waals surface area contributed by atoms with Crippen LogP contribution in [0.1, 0.15) is 0 Å². The third kappa shape index (κ3) is 0.841. The molecule has 0 aromatic heterocycles. The van der Waals surface area contributed by atoms with E-state index >= 15 is 0 Å². The maximum Gasteiger partial charge on any atom is 0.0541 e. The van der Waals surface area contributed by atoms with Gasteiger partial charge < -0.3 is 0 Å². The number of rotatable bonds is 0. The van der Waals surface area contributed by atoms with Gasteiger partial charge >= 0.3 is 0 Å². The van der Waals surface area contributed by atoms with Gasteiger partial charge in [-0.15, -0.1) is 6.42 Å². The fraction of sp³-hybridized carbons (Fsp3) is 0.100. The lowest BCUT2D eigenvalue weighted by Gasteiger charge is -2.08. The predicted molar refractivity (Wildman–Crippen MR) is 46.1 cm³/mol. The van der Waals surface area contributed by atoms with Crippen LogP contribution in [0.15, 0.2) is 41.1 Å². The van der Waals surface area contributed by atoms with Crippen LogP contribution in [0.5, 0.6) is 0 Å². The number of terminal acetylenes is 1. The number of allylic oxidation sites excluding steroid dienone is 5. The zero-order valence-corrected chi connectivity index (χ0v) is 5.99. The highest BCUT2D eigenvalue weighted by molar-refractivity contribution is 6.03. The summed E-state index contributed by atoms with van der Waals surface area (Å²) in [5.74, 6) is 2.88. The highest BCUT2D eigenvalue weighted by Crippen LogP contribution is 2.23. The molecule has 1 heterocycles. The number of hydrogen-bond donors (Lipinski definition) is 0. The highest BCUT2D eigenvalue weighted by atomic mass is 14.7. The van der Waals surface area contributed by atoms with Crippen molar-refractivity contribution in [2.75, 3.05) is 0 Å². The maximum atomic E-state index is 5.29. The summed E-state index contributed by atoms with van der Waals surface area (Å²) in [7, 11) is 0. The molecule has 0 saturated heterocycles. The largest absolute Gasteiger partial charge is 0.259 e. The Morgan fingerprint density at radius 1 is 1.45 bits per heavy atom. The van der Waals surface area contributed by atoms with E-state index < -0.39 is 0 Å². The van der Waals surface area contributed by atoms with Crippen molar-refractivity contribution < 1.29 is 0 Å². The number of aliphatic imine (C=N–C) groups is 1. The molecule has 52 valence electrons. The van der Waals surface area contributed by atoms with Crippen molar-refractivity contribution in [2.45, 2.75) is 0 Å². The SMILES string of the molecule is C#CC1=CN=C2C=CC=CC12. The maximum absolute atomic E-state index is 5.29. The van der Waals surface area contributed by atoms with Crippen LogP contribution in [-0.2, 0) is 0 Å². The molecule has 0 fully saturated rings. The average Bonchev–Trinajstić information content (AvgIpc) is 2.47. The average molecular weight is 141 g/mol. The summed E-state index contributed by atoms with van der Waals surface area (Å²) in [6.45, 7) is 0. The summed E-state index contributed by atoms with van der Waals surface area (Å²) in [5.41, 5.74) is 2.01. The lowest BCUT2D eigenvalue weighted by Crippen LogP contribution is -2.09. The monoisotopic (exact) mass is 141 g/mol. The van der Waals surface area contributed by atoms with Gasteiger partial charge in [0.2, 0.25) is 0 Å². The molecule has 1 heteroatoms. The van der Waals surface area contributed by atoms with E-state index in [9.17, 15) is 0 Å². The molecule has 0 bridgehead atoms. The normalized spacial score (nSPS) is 25.5. The second-order valence-corrected chi connectivity index (χ2v) is 2.50. The van der Waals surface area contributed by atoms with Gasteiger partial charge in [0.25, 0.3) is 0 Å². The van der Waals surface area contributed by atoms with Crippen LogP contribution in [0.25, 0.3) is 0 Å². The number of hydrogen-bond acceptors (Lipinski definition) is 1. The lowest BCUT2D eigenvalue weighted by molar-refractivity contribution is 1.11. The summed E-state index contributed by atoms with van der Waals surface area (Å²) in [5, 5.41) is 0. The van der Waals surface area contributed by atoms with Crippen LogP contribution in [0.3, 0.4) is 0 Å². The van der Waals surface area contributed by atoms with Crippen molar-refractivity contribution in [2.24, 2.45) is 10.9 Å². The molecule has 1 nitrogen and oxygen atoms in total. The molecule has 0 spiro atoms. The molecular weight excluding hydrogens is 134 g/mol. The molecule has 0 saturated carbocycles. The third-order valence-electron chi connectivity index (χ3n) is 1.85. The smallest absolute Gasteiger partial charge is 0.0541 e. The van der Waals surface area contributed by atoms with Crippen LogP contribution < -0.4 is 0 Å². The summed E-state index contributed by atoms with van der Waals surface area (Å²) >= 11 is 0. The number of nitrogens with zero attached hydrogens (tertiary/aromatic N) is 1. The minimum absolute atomic E-state index is 0.255. The van der Waals surface area contributed by atoms with Gasteiger partial charge in [-0.3, -0.25) is 4.99 Å². The minimum Gasteiger partial charge on any atom is -0.259 e. The Balaban J connectivity index is 2.38. The van der Waals surface area contributed by atoms with E-state index in [0.29, 0.717) is 0 Å². The van der Waals surface area contributed by atoms with Crippen molar-refractivity contribution in [1.29, 1.82) is 0 Å². The van der Waals surface area contributed by atoms with Gasteiger partial charge in [-0.2, -0.15) is 0 Å². The summed E-state index contributed by atoms with van der Waals surface area (Å²) in [6, 6.07) is 0. The zero-order valence-electron chi connectivity index (χ0n) is 5.99. The van der Waals surface area contributed by atoms with Crippen LogP contribution in [0.2, 0.25) is 0 Å². The Kier molecular flexibility index (Phi) is 1.26. The van der Waals surface area contributed by atoms with Crippen molar-refractivity contribution in [1.82, 2.24) is 0 Å². The van der Waals surface area contributed by atoms with E-state index in [2.05, 4.69) is 17.0 Å². The lowest BCUT2D eigenvalue weighted by atomic mass is 9.93. The van der Waals surface area contributed by atoms with Crippen molar-refractivity contribution in [3.63, 3.8) is 0 Å². The minimum atomic E-state index is 0.255. The van der Waals surface area contributed by atoms with Gasteiger partial charge in [-0.05, 0) is 6.08 Å². The molecule has 2 aliphatic rings. The quantitative estimate of drug-likeness (QED) is 0.455. The van der Waals surface area contributed by atoms with Crippen molar-refractivity contribution >= 4 is 5.71 Å². The van der Waals surface area contributed by atoms with Crippen molar-refractivity contribution in [3.05, 3.63) is 36.1 Å². The molecule has 0 amide bonds. The Labute approximate surface area is 65.8 Å². The molecule has 0 aromatic carbocycles. The Morgan fingerprint density at radius 2 is 2.36 bits per heavy atom. The van der Waals surface area contributed by atoms with E-state index in [1.54, 1.807) is 6.20 Å². The second-order valence-electron chi connectivity index (χ2n) is 2.50. The van der Waals surface area contributed by atoms with E-state index in [-0.39, 0.29) is 5.92 Å². The topological polar surface area (TPSA) is 12.4 Å². The summed E-state index contributed by atoms with van der Waals surface area (Å²) < 4.78 is 0. The highest BCUT2D eigenvalue weighted by Gasteiger charge is 2.20. The molecule has 0 N–H and O–H groups in total. The van der Waals surface area contributed by atoms with E-state index in [0.717, 1.165) is 11.3 Å². The standard InChI is InChI=1S/C10H7N/c1-2-8-7-11-10-6-4-3-5-9(8)10/h1,3-7,9H. The van der Waals surface area contributed by atoms with Gasteiger partial charge in [-0.1, -0.05) is 24.1 Å². The molecule has 1 unspecified atom stereocenters. The molecule has 11 heavy (non-hydrogen) atoms. The predicted octanol–water partition coefficient (Wildman–Crippen LogP) is 1.70. The van der Waals surface area contributed by atoms with Gasteiger partial charge in [0, 0.05) is 11.8 Å². The molecule has 1 aliphatic carbocycles. The third-order valence-corrected chi connectivity index (χ3v) is 1.85. The fourth-order valence-corrected chi connectivity index (χ4v) is 1.27.